The molecule has 7 nitrogen and oxygen atoms in total. The minimum absolute atomic E-state index is 0.0285. The first kappa shape index (κ1) is 11.4. The number of nitrogens with zero attached hydrogens (tertiary/aromatic N) is 4. The van der Waals surface area contributed by atoms with Crippen molar-refractivity contribution in [3.63, 3.8) is 0 Å². The maximum Gasteiger partial charge on any atom is 0.354 e. The molecule has 0 saturated carbocycles. The standard InChI is InChI=1S/C12H11N5O2/c1-5-9-10(17(2)16-5)6-3-7(12(18)19)14-4-8(6)15-11(9)13/h3-4H,1-2H3,(H2,13,15)(H,18,19). The molecule has 96 valence electrons. The fourth-order valence-electron chi connectivity index (χ4n) is 2.30. The number of rotatable bonds is 1. The van der Waals surface area contributed by atoms with Gasteiger partial charge in [-0.2, -0.15) is 5.10 Å². The van der Waals surface area contributed by atoms with E-state index in [0.717, 1.165) is 16.6 Å². The summed E-state index contributed by atoms with van der Waals surface area (Å²) in [6.07, 6.45) is 1.41. The number of aryl methyl sites for hydroxylation is 2. The number of carboxylic acid groups (broad SMARTS) is 1. The summed E-state index contributed by atoms with van der Waals surface area (Å²) < 4.78 is 1.68. The van der Waals surface area contributed by atoms with Gasteiger partial charge in [0, 0.05) is 12.4 Å². The molecule has 3 aromatic heterocycles. The van der Waals surface area contributed by atoms with E-state index in [1.54, 1.807) is 11.7 Å². The fourth-order valence-corrected chi connectivity index (χ4v) is 2.30. The van der Waals surface area contributed by atoms with Crippen LogP contribution >= 0.6 is 0 Å². The molecule has 19 heavy (non-hydrogen) atoms. The van der Waals surface area contributed by atoms with Gasteiger partial charge in [-0.3, -0.25) is 4.68 Å². The third kappa shape index (κ3) is 1.51. The molecule has 0 saturated heterocycles. The van der Waals surface area contributed by atoms with Crippen molar-refractivity contribution < 1.29 is 9.90 Å². The molecule has 0 aliphatic rings. The van der Waals surface area contributed by atoms with E-state index in [0.29, 0.717) is 16.7 Å². The van der Waals surface area contributed by atoms with Crippen LogP contribution in [-0.4, -0.2) is 30.8 Å². The van der Waals surface area contributed by atoms with Crippen molar-refractivity contribution in [2.75, 3.05) is 5.73 Å². The van der Waals surface area contributed by atoms with Gasteiger partial charge in [-0.05, 0) is 13.0 Å². The molecule has 3 rings (SSSR count). The molecule has 0 radical (unpaired) electrons. The molecule has 3 N–H and O–H groups in total. The number of pyridine rings is 2. The van der Waals surface area contributed by atoms with E-state index in [9.17, 15) is 4.79 Å². The summed E-state index contributed by atoms with van der Waals surface area (Å²) in [6, 6.07) is 1.49. The molecule has 7 heteroatoms. The van der Waals surface area contributed by atoms with Gasteiger partial charge >= 0.3 is 5.97 Å². The zero-order valence-corrected chi connectivity index (χ0v) is 10.4. The number of hydrogen-bond donors (Lipinski definition) is 2. The normalized spacial score (nSPS) is 11.3. The summed E-state index contributed by atoms with van der Waals surface area (Å²) in [5.41, 5.74) is 7.98. The summed E-state index contributed by atoms with van der Waals surface area (Å²) in [4.78, 5) is 19.1. The lowest BCUT2D eigenvalue weighted by Gasteiger charge is -2.04. The fraction of sp³-hybridized carbons (Fsp3) is 0.167. The number of carboxylic acids is 1. The van der Waals surface area contributed by atoms with Crippen LogP contribution in [0.5, 0.6) is 0 Å². The lowest BCUT2D eigenvalue weighted by molar-refractivity contribution is 0.0691. The van der Waals surface area contributed by atoms with Gasteiger partial charge in [0.1, 0.15) is 11.5 Å². The van der Waals surface area contributed by atoms with E-state index in [1.807, 2.05) is 6.92 Å². The average Bonchev–Trinajstić information content (AvgIpc) is 2.65. The Morgan fingerprint density at radius 1 is 1.47 bits per heavy atom. The van der Waals surface area contributed by atoms with Crippen LogP contribution in [0.1, 0.15) is 16.2 Å². The van der Waals surface area contributed by atoms with Crippen LogP contribution in [0.15, 0.2) is 12.3 Å². The third-order valence-electron chi connectivity index (χ3n) is 3.08. The highest BCUT2D eigenvalue weighted by molar-refractivity contribution is 6.09. The van der Waals surface area contributed by atoms with Crippen molar-refractivity contribution in [2.24, 2.45) is 7.05 Å². The van der Waals surface area contributed by atoms with Gasteiger partial charge in [0.2, 0.25) is 0 Å². The van der Waals surface area contributed by atoms with Crippen LogP contribution in [0.25, 0.3) is 21.8 Å². The summed E-state index contributed by atoms with van der Waals surface area (Å²) >= 11 is 0. The number of fused-ring (bicyclic) bond motifs is 3. The predicted molar refractivity (Wildman–Crippen MR) is 69.9 cm³/mol. The Labute approximate surface area is 107 Å². The average molecular weight is 257 g/mol. The molecule has 0 amide bonds. The number of hydrogen-bond acceptors (Lipinski definition) is 5. The Morgan fingerprint density at radius 2 is 2.21 bits per heavy atom. The van der Waals surface area contributed by atoms with Crippen molar-refractivity contribution in [1.82, 2.24) is 19.7 Å². The number of anilines is 1. The molecule has 0 spiro atoms. The highest BCUT2D eigenvalue weighted by Crippen LogP contribution is 2.29. The number of nitrogen functional groups attached to an aromatic ring is 1. The van der Waals surface area contributed by atoms with Gasteiger partial charge in [0.15, 0.2) is 0 Å². The Balaban J connectivity index is 2.55. The Morgan fingerprint density at radius 3 is 2.89 bits per heavy atom. The monoisotopic (exact) mass is 257 g/mol. The number of carbonyl (C=O) groups is 1. The minimum atomic E-state index is -1.08. The molecular weight excluding hydrogens is 246 g/mol. The molecule has 0 bridgehead atoms. The lowest BCUT2D eigenvalue weighted by atomic mass is 10.1. The van der Waals surface area contributed by atoms with Crippen molar-refractivity contribution in [3.8, 4) is 0 Å². The van der Waals surface area contributed by atoms with E-state index < -0.39 is 5.97 Å². The molecule has 0 atom stereocenters. The van der Waals surface area contributed by atoms with Gasteiger partial charge in [0.25, 0.3) is 0 Å². The van der Waals surface area contributed by atoms with E-state index in [1.165, 1.54) is 12.3 Å². The molecule has 0 aromatic carbocycles. The quantitative estimate of drug-likeness (QED) is 0.676. The Hall–Kier alpha value is -2.70. The SMILES string of the molecule is Cc1nn(C)c2c1c(N)nc1cnc(C(=O)O)cc12. The molecule has 0 unspecified atom stereocenters. The van der Waals surface area contributed by atoms with Crippen LogP contribution in [0, 0.1) is 6.92 Å². The number of nitrogens with two attached hydrogens (primary N) is 1. The topological polar surface area (TPSA) is 107 Å². The summed E-state index contributed by atoms with van der Waals surface area (Å²) in [7, 11) is 1.79. The Bertz CT molecular complexity index is 837. The van der Waals surface area contributed by atoms with Crippen LogP contribution in [0.2, 0.25) is 0 Å². The maximum atomic E-state index is 11.0. The first-order valence-corrected chi connectivity index (χ1v) is 5.61. The molecular formula is C12H11N5O2. The van der Waals surface area contributed by atoms with Gasteiger partial charge in [-0.1, -0.05) is 0 Å². The van der Waals surface area contributed by atoms with Crippen LogP contribution in [0.3, 0.4) is 0 Å². The number of aromatic carboxylic acids is 1. The zero-order chi connectivity index (χ0) is 13.7. The smallest absolute Gasteiger partial charge is 0.354 e. The lowest BCUT2D eigenvalue weighted by Crippen LogP contribution is -2.02. The van der Waals surface area contributed by atoms with E-state index in [4.69, 9.17) is 10.8 Å². The Kier molecular flexibility index (Phi) is 2.19. The number of aromatic nitrogens is 4. The van der Waals surface area contributed by atoms with Gasteiger partial charge in [0.05, 0.1) is 28.3 Å². The van der Waals surface area contributed by atoms with Gasteiger partial charge < -0.3 is 10.8 Å². The largest absolute Gasteiger partial charge is 0.477 e. The molecule has 0 aliphatic carbocycles. The second kappa shape index (κ2) is 3.64. The van der Waals surface area contributed by atoms with Crippen LogP contribution < -0.4 is 5.73 Å². The first-order valence-electron chi connectivity index (χ1n) is 5.61. The predicted octanol–water partition coefficient (Wildman–Crippen LogP) is 1.11. The zero-order valence-electron chi connectivity index (χ0n) is 10.4. The van der Waals surface area contributed by atoms with Crippen molar-refractivity contribution >= 4 is 33.6 Å². The van der Waals surface area contributed by atoms with E-state index >= 15 is 0 Å². The summed E-state index contributed by atoms with van der Waals surface area (Å²) in [6.45, 7) is 1.84. The molecule has 3 aromatic rings. The molecule has 0 fully saturated rings. The van der Waals surface area contributed by atoms with E-state index in [-0.39, 0.29) is 5.69 Å². The van der Waals surface area contributed by atoms with Crippen LogP contribution in [-0.2, 0) is 7.05 Å². The third-order valence-corrected chi connectivity index (χ3v) is 3.08. The van der Waals surface area contributed by atoms with Crippen molar-refractivity contribution in [2.45, 2.75) is 6.92 Å². The van der Waals surface area contributed by atoms with E-state index in [2.05, 4.69) is 15.1 Å². The summed E-state index contributed by atoms with van der Waals surface area (Å²) in [5.74, 6) is -0.705. The highest BCUT2D eigenvalue weighted by Gasteiger charge is 2.16. The summed E-state index contributed by atoms with van der Waals surface area (Å²) in [5, 5.41) is 14.7. The molecule has 3 heterocycles. The molecule has 0 aliphatic heterocycles. The second-order valence-electron chi connectivity index (χ2n) is 4.32. The van der Waals surface area contributed by atoms with Crippen molar-refractivity contribution in [3.05, 3.63) is 23.7 Å². The minimum Gasteiger partial charge on any atom is -0.477 e. The van der Waals surface area contributed by atoms with Crippen molar-refractivity contribution in [1.29, 1.82) is 0 Å². The van der Waals surface area contributed by atoms with Gasteiger partial charge in [-0.25, -0.2) is 14.8 Å². The van der Waals surface area contributed by atoms with Gasteiger partial charge in [-0.15, -0.1) is 0 Å². The maximum absolute atomic E-state index is 11.0. The second-order valence-corrected chi connectivity index (χ2v) is 4.32. The highest BCUT2D eigenvalue weighted by atomic mass is 16.4. The van der Waals surface area contributed by atoms with Crippen LogP contribution in [0.4, 0.5) is 5.82 Å². The first-order chi connectivity index (χ1) is 8.99.